The average molecular weight is 471 g/mol. The third-order valence-corrected chi connectivity index (χ3v) is 6.87. The second-order valence-electron chi connectivity index (χ2n) is 9.51. The van der Waals surface area contributed by atoms with Gasteiger partial charge in [0.15, 0.2) is 0 Å². The number of hydrogen-bond donors (Lipinski definition) is 2. The van der Waals surface area contributed by atoms with Gasteiger partial charge in [0.1, 0.15) is 22.8 Å². The van der Waals surface area contributed by atoms with Crippen molar-refractivity contribution in [1.82, 2.24) is 10.6 Å². The van der Waals surface area contributed by atoms with Crippen molar-refractivity contribution in [3.05, 3.63) is 95.1 Å². The van der Waals surface area contributed by atoms with Crippen molar-refractivity contribution < 1.29 is 18.7 Å². The van der Waals surface area contributed by atoms with Gasteiger partial charge < -0.3 is 19.8 Å². The van der Waals surface area contributed by atoms with Gasteiger partial charge in [-0.15, -0.1) is 0 Å². The van der Waals surface area contributed by atoms with E-state index in [9.17, 15) is 9.59 Å². The predicted molar refractivity (Wildman–Crippen MR) is 134 cm³/mol. The van der Waals surface area contributed by atoms with E-state index in [1.807, 2.05) is 43.3 Å². The number of hydrogen-bond acceptors (Lipinski definition) is 4. The summed E-state index contributed by atoms with van der Waals surface area (Å²) in [6.07, 6.45) is 9.22. The molecule has 1 aromatic heterocycles. The largest absolute Gasteiger partial charge is 0.487 e. The van der Waals surface area contributed by atoms with Gasteiger partial charge in [-0.05, 0) is 62.9 Å². The number of furan rings is 1. The zero-order valence-electron chi connectivity index (χ0n) is 19.9. The van der Waals surface area contributed by atoms with E-state index in [1.165, 1.54) is 12.7 Å². The van der Waals surface area contributed by atoms with Crippen LogP contribution in [-0.2, 0) is 4.79 Å². The van der Waals surface area contributed by atoms with Gasteiger partial charge in [0.2, 0.25) is 0 Å². The standard InChI is InChI=1S/C29H30N2O4/c1-20-9-7-10-21(17-20)27(32)30-24(18-22-11-8-16-34-22)28(33)31-25-19-29(14-5-2-6-15-29)35-26-13-4-3-12-23(25)26/h3-4,7-13,16-18,25H,2,5-6,14-15,19H2,1H3,(H,30,32)(H,31,33)/b24-18-/t25-/m0/s1. The first-order valence-corrected chi connectivity index (χ1v) is 12.2. The Morgan fingerprint density at radius 2 is 1.83 bits per heavy atom. The fourth-order valence-electron chi connectivity index (χ4n) is 5.14. The molecule has 0 unspecified atom stereocenters. The molecule has 0 radical (unpaired) electrons. The lowest BCUT2D eigenvalue weighted by molar-refractivity contribution is -0.119. The van der Waals surface area contributed by atoms with Gasteiger partial charge in [-0.3, -0.25) is 9.59 Å². The minimum absolute atomic E-state index is 0.133. The summed E-state index contributed by atoms with van der Waals surface area (Å²) in [7, 11) is 0. The Hall–Kier alpha value is -3.80. The Morgan fingerprint density at radius 1 is 1.00 bits per heavy atom. The maximum atomic E-state index is 13.6. The molecular weight excluding hydrogens is 440 g/mol. The van der Waals surface area contributed by atoms with E-state index in [-0.39, 0.29) is 29.2 Å². The molecule has 1 aliphatic carbocycles. The molecular formula is C29H30N2O4. The molecule has 2 amide bonds. The number of benzene rings is 2. The summed E-state index contributed by atoms with van der Waals surface area (Å²) < 4.78 is 11.9. The van der Waals surface area contributed by atoms with E-state index in [1.54, 1.807) is 30.3 Å². The maximum absolute atomic E-state index is 13.6. The zero-order valence-corrected chi connectivity index (χ0v) is 19.9. The number of rotatable bonds is 5. The SMILES string of the molecule is Cc1cccc(C(=O)N/C(=C\c2ccco2)C(=O)N[C@H]2CC3(CCCCC3)Oc3ccccc32)c1. The summed E-state index contributed by atoms with van der Waals surface area (Å²) in [4.78, 5) is 26.6. The van der Waals surface area contributed by atoms with Gasteiger partial charge in [0.05, 0.1) is 12.3 Å². The Labute approximate surface area is 205 Å². The van der Waals surface area contributed by atoms with Crippen molar-refractivity contribution in [2.24, 2.45) is 0 Å². The summed E-state index contributed by atoms with van der Waals surface area (Å²) in [5.74, 6) is 0.593. The van der Waals surface area contributed by atoms with Crippen LogP contribution < -0.4 is 15.4 Å². The predicted octanol–water partition coefficient (Wildman–Crippen LogP) is 5.70. The first kappa shape index (κ1) is 23.0. The third kappa shape index (κ3) is 5.16. The van der Waals surface area contributed by atoms with Gasteiger partial charge in [-0.25, -0.2) is 0 Å². The molecule has 1 atom stereocenters. The lowest BCUT2D eigenvalue weighted by Gasteiger charge is -2.44. The van der Waals surface area contributed by atoms with Crippen LogP contribution in [0.25, 0.3) is 6.08 Å². The van der Waals surface area contributed by atoms with E-state index < -0.39 is 0 Å². The highest BCUT2D eigenvalue weighted by atomic mass is 16.5. The van der Waals surface area contributed by atoms with Crippen molar-refractivity contribution >= 4 is 17.9 Å². The summed E-state index contributed by atoms with van der Waals surface area (Å²) >= 11 is 0. The van der Waals surface area contributed by atoms with Crippen LogP contribution in [0.1, 0.15) is 71.8 Å². The molecule has 1 saturated carbocycles. The van der Waals surface area contributed by atoms with Gasteiger partial charge >= 0.3 is 0 Å². The Bertz CT molecular complexity index is 1240. The van der Waals surface area contributed by atoms with Crippen molar-refractivity contribution in [2.75, 3.05) is 0 Å². The molecule has 180 valence electrons. The van der Waals surface area contributed by atoms with Crippen LogP contribution in [0.5, 0.6) is 5.75 Å². The molecule has 2 aromatic carbocycles. The van der Waals surface area contributed by atoms with E-state index in [0.29, 0.717) is 17.7 Å². The van der Waals surface area contributed by atoms with Crippen molar-refractivity contribution in [3.63, 3.8) is 0 Å². The molecule has 6 nitrogen and oxygen atoms in total. The van der Waals surface area contributed by atoms with Crippen LogP contribution in [0.2, 0.25) is 0 Å². The van der Waals surface area contributed by atoms with Crippen LogP contribution in [0, 0.1) is 6.92 Å². The highest BCUT2D eigenvalue weighted by molar-refractivity contribution is 6.05. The molecule has 2 heterocycles. The van der Waals surface area contributed by atoms with Gasteiger partial charge in [-0.1, -0.05) is 42.3 Å². The Morgan fingerprint density at radius 3 is 2.60 bits per heavy atom. The van der Waals surface area contributed by atoms with E-state index in [4.69, 9.17) is 9.15 Å². The summed E-state index contributed by atoms with van der Waals surface area (Å²) in [6.45, 7) is 1.92. The molecule has 1 fully saturated rings. The molecule has 0 bridgehead atoms. The monoisotopic (exact) mass is 470 g/mol. The zero-order chi connectivity index (χ0) is 24.3. The summed E-state index contributed by atoms with van der Waals surface area (Å²) in [6, 6.07) is 18.4. The number of para-hydroxylation sites is 1. The minimum atomic E-state index is -0.366. The molecule has 35 heavy (non-hydrogen) atoms. The smallest absolute Gasteiger partial charge is 0.268 e. The molecule has 2 N–H and O–H groups in total. The molecule has 5 rings (SSSR count). The first-order chi connectivity index (χ1) is 17.0. The average Bonchev–Trinajstić information content (AvgIpc) is 3.37. The lowest BCUT2D eigenvalue weighted by atomic mass is 9.77. The molecule has 2 aliphatic rings. The molecule has 0 saturated heterocycles. The highest BCUT2D eigenvalue weighted by Gasteiger charge is 2.42. The van der Waals surface area contributed by atoms with Crippen LogP contribution >= 0.6 is 0 Å². The number of nitrogens with one attached hydrogen (secondary N) is 2. The van der Waals surface area contributed by atoms with Crippen LogP contribution in [0.3, 0.4) is 0 Å². The lowest BCUT2D eigenvalue weighted by Crippen LogP contribution is -2.47. The van der Waals surface area contributed by atoms with Gasteiger partial charge in [0, 0.05) is 23.6 Å². The Balaban J connectivity index is 1.42. The van der Waals surface area contributed by atoms with Crippen molar-refractivity contribution in [1.29, 1.82) is 0 Å². The van der Waals surface area contributed by atoms with Crippen molar-refractivity contribution in [3.8, 4) is 5.75 Å². The minimum Gasteiger partial charge on any atom is -0.487 e. The fraction of sp³-hybridized carbons (Fsp3) is 0.310. The number of fused-ring (bicyclic) bond motifs is 1. The molecule has 1 spiro atoms. The van der Waals surface area contributed by atoms with Crippen LogP contribution in [-0.4, -0.2) is 17.4 Å². The topological polar surface area (TPSA) is 80.6 Å². The van der Waals surface area contributed by atoms with E-state index >= 15 is 0 Å². The van der Waals surface area contributed by atoms with E-state index in [0.717, 1.165) is 42.6 Å². The Kier molecular flexibility index (Phi) is 6.45. The van der Waals surface area contributed by atoms with Crippen LogP contribution in [0.15, 0.2) is 77.0 Å². The maximum Gasteiger partial charge on any atom is 0.268 e. The second-order valence-corrected chi connectivity index (χ2v) is 9.51. The van der Waals surface area contributed by atoms with Gasteiger partial charge in [-0.2, -0.15) is 0 Å². The summed E-state index contributed by atoms with van der Waals surface area (Å²) in [5.41, 5.74) is 2.28. The number of carbonyl (C=O) groups is 2. The van der Waals surface area contributed by atoms with Crippen molar-refractivity contribution in [2.45, 2.75) is 57.1 Å². The number of aryl methyl sites for hydroxylation is 1. The molecule has 6 heteroatoms. The summed E-state index contributed by atoms with van der Waals surface area (Å²) in [5, 5.41) is 5.99. The van der Waals surface area contributed by atoms with Gasteiger partial charge in [0.25, 0.3) is 11.8 Å². The second kappa shape index (κ2) is 9.82. The molecule has 1 aliphatic heterocycles. The quantitative estimate of drug-likeness (QED) is 0.469. The third-order valence-electron chi connectivity index (χ3n) is 6.87. The number of ether oxygens (including phenoxy) is 1. The normalized spacial score (nSPS) is 18.9. The first-order valence-electron chi connectivity index (χ1n) is 12.2. The fourth-order valence-corrected chi connectivity index (χ4v) is 5.14. The highest BCUT2D eigenvalue weighted by Crippen LogP contribution is 2.46. The number of carbonyl (C=O) groups excluding carboxylic acids is 2. The molecule has 3 aromatic rings. The van der Waals surface area contributed by atoms with Crippen LogP contribution in [0.4, 0.5) is 0 Å². The number of amides is 2. The van der Waals surface area contributed by atoms with E-state index in [2.05, 4.69) is 10.6 Å².